The molecule has 1 rings (SSSR count). The van der Waals surface area contributed by atoms with Crippen molar-refractivity contribution in [2.24, 2.45) is 5.73 Å². The van der Waals surface area contributed by atoms with Crippen LogP contribution in [-0.4, -0.2) is 59.3 Å². The van der Waals surface area contributed by atoms with Gasteiger partial charge in [-0.1, -0.05) is 18.2 Å². The zero-order valence-corrected chi connectivity index (χ0v) is 7.92. The van der Waals surface area contributed by atoms with Crippen LogP contribution in [0, 0.1) is 0 Å². The van der Waals surface area contributed by atoms with Crippen molar-refractivity contribution >= 4 is 41.5 Å². The molecule has 0 aliphatic carbocycles. The first-order valence-corrected chi connectivity index (χ1v) is 4.32. The number of benzene rings is 1. The van der Waals surface area contributed by atoms with Crippen molar-refractivity contribution < 1.29 is 19.4 Å². The molecule has 0 aliphatic heterocycles. The third-order valence-corrected chi connectivity index (χ3v) is 1.70. The molecule has 0 saturated heterocycles. The van der Waals surface area contributed by atoms with Crippen LogP contribution >= 0.6 is 0 Å². The van der Waals surface area contributed by atoms with Gasteiger partial charge in [-0.2, -0.15) is 0 Å². The molecule has 0 saturated carbocycles. The van der Waals surface area contributed by atoms with Crippen molar-refractivity contribution in [3.8, 4) is 0 Å². The first-order chi connectivity index (χ1) is 7.15. The van der Waals surface area contributed by atoms with Gasteiger partial charge >= 0.3 is 41.5 Å². The second-order valence-corrected chi connectivity index (χ2v) is 2.86. The van der Waals surface area contributed by atoms with Gasteiger partial charge < -0.3 is 15.6 Å². The van der Waals surface area contributed by atoms with E-state index in [0.717, 1.165) is 0 Å². The number of aliphatic hydroxyl groups excluding tert-OH is 1. The molecule has 0 radical (unpaired) electrons. The summed E-state index contributed by atoms with van der Waals surface area (Å²) in [4.78, 5) is 22.3. The number of nitrogens with two attached hydrogens (primary N) is 1. The van der Waals surface area contributed by atoms with Crippen LogP contribution in [-0.2, 0) is 9.53 Å². The van der Waals surface area contributed by atoms with Crippen LogP contribution in [0.4, 0.5) is 0 Å². The molecule has 0 heterocycles. The molecule has 0 fully saturated rings. The van der Waals surface area contributed by atoms with Crippen molar-refractivity contribution in [2.75, 3.05) is 6.61 Å². The number of hydrogen-bond acceptors (Lipinski definition) is 5. The number of ether oxygens (including phenoxy) is 1. The van der Waals surface area contributed by atoms with Crippen LogP contribution in [0.15, 0.2) is 30.3 Å². The van der Waals surface area contributed by atoms with Gasteiger partial charge in [-0.3, -0.25) is 0 Å². The average molecular weight is 233 g/mol. The van der Waals surface area contributed by atoms with Gasteiger partial charge in [-0.15, -0.1) is 0 Å². The zero-order chi connectivity index (χ0) is 11.3. The third kappa shape index (κ3) is 4.42. The summed E-state index contributed by atoms with van der Waals surface area (Å²) in [7, 11) is 0. The monoisotopic (exact) mass is 233 g/mol. The molecule has 6 heteroatoms. The molecule has 0 unspecified atom stereocenters. The number of carbonyl (C=O) groups excluding carboxylic acids is 2. The Kier molecular flexibility index (Phi) is 7.20. The summed E-state index contributed by atoms with van der Waals surface area (Å²) in [6, 6.07) is 6.87. The number of hydrogen-bond donors (Lipinski definition) is 2. The van der Waals surface area contributed by atoms with Crippen molar-refractivity contribution in [3.63, 3.8) is 0 Å². The summed E-state index contributed by atoms with van der Waals surface area (Å²) in [5.41, 5.74) is 5.43. The van der Waals surface area contributed by atoms with Gasteiger partial charge in [-0.25, -0.2) is 9.59 Å². The quantitative estimate of drug-likeness (QED) is 0.399. The van der Waals surface area contributed by atoms with Gasteiger partial charge in [0.1, 0.15) is 6.04 Å². The summed E-state index contributed by atoms with van der Waals surface area (Å²) in [5.74, 6) is -1.71. The summed E-state index contributed by atoms with van der Waals surface area (Å²) < 4.78 is 4.43. The summed E-state index contributed by atoms with van der Waals surface area (Å²) in [5, 5.41) is 8.55. The predicted molar refractivity (Wildman–Crippen MR) is 59.1 cm³/mol. The second kappa shape index (κ2) is 7.54. The van der Waals surface area contributed by atoms with E-state index in [2.05, 4.69) is 4.74 Å². The molecule has 0 aromatic heterocycles. The second-order valence-electron chi connectivity index (χ2n) is 2.86. The number of esters is 2. The Labute approximate surface area is 115 Å². The van der Waals surface area contributed by atoms with E-state index >= 15 is 0 Å². The molecular formula is C10H12NNaO4. The van der Waals surface area contributed by atoms with Crippen LogP contribution in [0.2, 0.25) is 0 Å². The van der Waals surface area contributed by atoms with E-state index in [0.29, 0.717) is 0 Å². The molecule has 1 aromatic carbocycles. The van der Waals surface area contributed by atoms with Gasteiger partial charge in [0.25, 0.3) is 0 Å². The fourth-order valence-corrected chi connectivity index (χ4v) is 0.875. The van der Waals surface area contributed by atoms with Gasteiger partial charge in [0.05, 0.1) is 12.2 Å². The summed E-state index contributed by atoms with van der Waals surface area (Å²) >= 11 is 0. The minimum atomic E-state index is -1.18. The zero-order valence-electron chi connectivity index (χ0n) is 7.92. The van der Waals surface area contributed by atoms with E-state index in [1.54, 1.807) is 18.2 Å². The van der Waals surface area contributed by atoms with Crippen molar-refractivity contribution in [3.05, 3.63) is 35.9 Å². The van der Waals surface area contributed by atoms with Crippen LogP contribution < -0.4 is 5.73 Å². The Morgan fingerprint density at radius 1 is 1.31 bits per heavy atom. The topological polar surface area (TPSA) is 89.6 Å². The van der Waals surface area contributed by atoms with Gasteiger partial charge in [-0.05, 0) is 12.1 Å². The maximum atomic E-state index is 11.3. The molecular weight excluding hydrogens is 221 g/mol. The maximum absolute atomic E-state index is 11.3. The van der Waals surface area contributed by atoms with Gasteiger partial charge in [0, 0.05) is 0 Å². The van der Waals surface area contributed by atoms with E-state index in [-0.39, 0.29) is 35.1 Å². The number of aliphatic hydroxyl groups is 1. The Bertz CT molecular complexity index is 355. The Balaban J connectivity index is 0.00000225. The Morgan fingerprint density at radius 3 is 2.38 bits per heavy atom. The van der Waals surface area contributed by atoms with E-state index in [1.807, 2.05) is 0 Å². The van der Waals surface area contributed by atoms with Crippen molar-refractivity contribution in [1.29, 1.82) is 0 Å². The molecule has 5 nitrogen and oxygen atoms in total. The summed E-state index contributed by atoms with van der Waals surface area (Å²) in [6.45, 7) is -0.555. The molecule has 16 heavy (non-hydrogen) atoms. The SMILES string of the molecule is N[C@@H](CO)C(=O)OC(=O)c1ccccc1.[NaH]. The molecule has 1 aromatic rings. The first-order valence-electron chi connectivity index (χ1n) is 4.32. The van der Waals surface area contributed by atoms with E-state index in [1.165, 1.54) is 12.1 Å². The van der Waals surface area contributed by atoms with E-state index < -0.39 is 24.6 Å². The number of carbonyl (C=O) groups is 2. The van der Waals surface area contributed by atoms with E-state index in [9.17, 15) is 9.59 Å². The van der Waals surface area contributed by atoms with E-state index in [4.69, 9.17) is 10.8 Å². The van der Waals surface area contributed by atoms with Crippen molar-refractivity contribution in [1.82, 2.24) is 0 Å². The third-order valence-electron chi connectivity index (χ3n) is 1.70. The van der Waals surface area contributed by atoms with Crippen LogP contribution in [0.3, 0.4) is 0 Å². The molecule has 0 amide bonds. The molecule has 1 atom stereocenters. The van der Waals surface area contributed by atoms with Gasteiger partial charge in [0.15, 0.2) is 0 Å². The number of rotatable bonds is 3. The average Bonchev–Trinajstić information content (AvgIpc) is 2.29. The first kappa shape index (κ1) is 15.3. The molecule has 82 valence electrons. The van der Waals surface area contributed by atoms with Crippen LogP contribution in [0.25, 0.3) is 0 Å². The fourth-order valence-electron chi connectivity index (χ4n) is 0.875. The Hall–Kier alpha value is -0.720. The normalized spacial score (nSPS) is 11.1. The predicted octanol–water partition coefficient (Wildman–Crippen LogP) is -0.959. The van der Waals surface area contributed by atoms with Gasteiger partial charge in [0.2, 0.25) is 0 Å². The molecule has 0 bridgehead atoms. The molecule has 3 N–H and O–H groups in total. The minimum absolute atomic E-state index is 0. The van der Waals surface area contributed by atoms with Crippen molar-refractivity contribution in [2.45, 2.75) is 6.04 Å². The summed E-state index contributed by atoms with van der Waals surface area (Å²) in [6.07, 6.45) is 0. The standard InChI is InChI=1S/C10H11NO4.Na.H/c11-8(6-12)10(14)15-9(13)7-4-2-1-3-5-7;;/h1-5,8,12H,6,11H2;;/t8-;;/m0../s1. The molecule has 0 spiro atoms. The Morgan fingerprint density at radius 2 is 1.88 bits per heavy atom. The van der Waals surface area contributed by atoms with Crippen LogP contribution in [0.5, 0.6) is 0 Å². The molecule has 0 aliphatic rings. The van der Waals surface area contributed by atoms with Crippen LogP contribution in [0.1, 0.15) is 10.4 Å². The fraction of sp³-hybridized carbons (Fsp3) is 0.200.